The molecule has 116 valence electrons. The lowest BCUT2D eigenvalue weighted by Gasteiger charge is -2.10. The normalized spacial score (nSPS) is 12.2. The molecule has 0 bridgehead atoms. The second-order valence-corrected chi connectivity index (χ2v) is 7.05. The van der Waals surface area contributed by atoms with Gasteiger partial charge in [-0.3, -0.25) is 0 Å². The average molecular weight is 287 g/mol. The van der Waals surface area contributed by atoms with Crippen LogP contribution >= 0.6 is 0 Å². The highest BCUT2D eigenvalue weighted by molar-refractivity contribution is 5.83. The molecule has 0 spiro atoms. The Morgan fingerprint density at radius 2 is 1.76 bits per heavy atom. The van der Waals surface area contributed by atoms with Crippen LogP contribution in [0.25, 0.3) is 11.0 Å². The Balaban J connectivity index is 2.46. The van der Waals surface area contributed by atoms with Crippen molar-refractivity contribution in [2.24, 2.45) is 5.92 Å². The SMILES string of the molecule is CC(C)Cc1c(CNC(C)C)oc2ccc(C(C)C)cc12. The van der Waals surface area contributed by atoms with Crippen LogP contribution in [0.1, 0.15) is 64.3 Å². The van der Waals surface area contributed by atoms with Crippen LogP contribution in [0.4, 0.5) is 0 Å². The van der Waals surface area contributed by atoms with Crippen LogP contribution in [0.5, 0.6) is 0 Å². The lowest BCUT2D eigenvalue weighted by atomic mass is 9.96. The van der Waals surface area contributed by atoms with Crippen LogP contribution in [0.15, 0.2) is 22.6 Å². The molecule has 2 rings (SSSR count). The Labute approximate surface area is 128 Å². The molecule has 1 aromatic heterocycles. The van der Waals surface area contributed by atoms with Crippen molar-refractivity contribution in [2.75, 3.05) is 0 Å². The third-order valence-corrected chi connectivity index (χ3v) is 3.85. The molecule has 0 amide bonds. The largest absolute Gasteiger partial charge is 0.459 e. The standard InChI is InChI=1S/C19H29NO/c1-12(2)9-16-17-10-15(13(3)4)7-8-18(17)21-19(16)11-20-14(5)6/h7-8,10,12-14,20H,9,11H2,1-6H3. The summed E-state index contributed by atoms with van der Waals surface area (Å²) in [6.45, 7) is 14.2. The fourth-order valence-electron chi connectivity index (χ4n) is 2.65. The Hall–Kier alpha value is -1.28. The Morgan fingerprint density at radius 1 is 1.05 bits per heavy atom. The van der Waals surface area contributed by atoms with E-state index in [0.29, 0.717) is 17.9 Å². The van der Waals surface area contributed by atoms with Crippen molar-refractivity contribution in [2.45, 2.75) is 66.5 Å². The van der Waals surface area contributed by atoms with Gasteiger partial charge in [0.15, 0.2) is 0 Å². The minimum absolute atomic E-state index is 0.469. The van der Waals surface area contributed by atoms with Crippen molar-refractivity contribution < 1.29 is 4.42 Å². The second-order valence-electron chi connectivity index (χ2n) is 7.05. The first-order chi connectivity index (χ1) is 9.88. The lowest BCUT2D eigenvalue weighted by Crippen LogP contribution is -2.22. The summed E-state index contributed by atoms with van der Waals surface area (Å²) in [7, 11) is 0. The van der Waals surface area contributed by atoms with Gasteiger partial charge in [0.05, 0.1) is 6.54 Å². The molecule has 0 radical (unpaired) electrons. The van der Waals surface area contributed by atoms with Gasteiger partial charge in [0, 0.05) is 17.0 Å². The molecule has 0 aliphatic heterocycles. The van der Waals surface area contributed by atoms with E-state index in [1.165, 1.54) is 16.5 Å². The van der Waals surface area contributed by atoms with Crippen molar-refractivity contribution in [1.82, 2.24) is 5.32 Å². The molecule has 0 saturated carbocycles. The number of furan rings is 1. The minimum atomic E-state index is 0.469. The molecular weight excluding hydrogens is 258 g/mol. The zero-order valence-corrected chi connectivity index (χ0v) is 14.3. The van der Waals surface area contributed by atoms with Crippen LogP contribution in [-0.2, 0) is 13.0 Å². The Kier molecular flexibility index (Phi) is 5.10. The van der Waals surface area contributed by atoms with E-state index in [9.17, 15) is 0 Å². The van der Waals surface area contributed by atoms with E-state index >= 15 is 0 Å². The van der Waals surface area contributed by atoms with Crippen LogP contribution in [0.3, 0.4) is 0 Å². The highest BCUT2D eigenvalue weighted by atomic mass is 16.3. The van der Waals surface area contributed by atoms with E-state index in [0.717, 1.165) is 24.3 Å². The van der Waals surface area contributed by atoms with Gasteiger partial charge in [-0.2, -0.15) is 0 Å². The molecule has 2 heteroatoms. The minimum Gasteiger partial charge on any atom is -0.459 e. The highest BCUT2D eigenvalue weighted by Gasteiger charge is 2.16. The molecule has 0 atom stereocenters. The van der Waals surface area contributed by atoms with Crippen molar-refractivity contribution in [3.63, 3.8) is 0 Å². The maximum atomic E-state index is 6.12. The van der Waals surface area contributed by atoms with E-state index < -0.39 is 0 Å². The van der Waals surface area contributed by atoms with E-state index in [-0.39, 0.29) is 0 Å². The summed E-state index contributed by atoms with van der Waals surface area (Å²) in [5, 5.41) is 4.78. The van der Waals surface area contributed by atoms with Gasteiger partial charge in [-0.25, -0.2) is 0 Å². The van der Waals surface area contributed by atoms with E-state index in [4.69, 9.17) is 4.42 Å². The maximum absolute atomic E-state index is 6.12. The molecule has 0 aliphatic carbocycles. The summed E-state index contributed by atoms with van der Waals surface area (Å²) in [6, 6.07) is 7.11. The first-order valence-electron chi connectivity index (χ1n) is 8.16. The third kappa shape index (κ3) is 3.88. The molecule has 2 nitrogen and oxygen atoms in total. The maximum Gasteiger partial charge on any atom is 0.134 e. The summed E-state index contributed by atoms with van der Waals surface area (Å²) >= 11 is 0. The summed E-state index contributed by atoms with van der Waals surface area (Å²) < 4.78 is 6.12. The van der Waals surface area contributed by atoms with Gasteiger partial charge in [0.2, 0.25) is 0 Å². The molecule has 1 heterocycles. The Bertz CT molecular complexity index is 593. The number of fused-ring (bicyclic) bond motifs is 1. The van der Waals surface area contributed by atoms with Crippen LogP contribution < -0.4 is 5.32 Å². The zero-order valence-electron chi connectivity index (χ0n) is 14.3. The molecule has 1 aromatic carbocycles. The first kappa shape index (κ1) is 16.1. The average Bonchev–Trinajstić information content (AvgIpc) is 2.73. The second kappa shape index (κ2) is 6.65. The first-order valence-corrected chi connectivity index (χ1v) is 8.16. The quantitative estimate of drug-likeness (QED) is 0.784. The van der Waals surface area contributed by atoms with Gasteiger partial charge < -0.3 is 9.73 Å². The fourth-order valence-corrected chi connectivity index (χ4v) is 2.65. The number of rotatable bonds is 6. The van der Waals surface area contributed by atoms with Gasteiger partial charge in [-0.15, -0.1) is 0 Å². The summed E-state index contributed by atoms with van der Waals surface area (Å²) in [5.74, 6) is 2.29. The third-order valence-electron chi connectivity index (χ3n) is 3.85. The van der Waals surface area contributed by atoms with Crippen molar-refractivity contribution in [1.29, 1.82) is 0 Å². The number of nitrogens with one attached hydrogen (secondary N) is 1. The predicted octanol–water partition coefficient (Wildman–Crippen LogP) is 5.25. The molecule has 0 aliphatic rings. The Morgan fingerprint density at radius 3 is 2.33 bits per heavy atom. The fraction of sp³-hybridized carbons (Fsp3) is 0.579. The smallest absolute Gasteiger partial charge is 0.134 e. The molecule has 0 unspecified atom stereocenters. The molecule has 21 heavy (non-hydrogen) atoms. The van der Waals surface area contributed by atoms with Crippen molar-refractivity contribution in [3.8, 4) is 0 Å². The predicted molar refractivity (Wildman–Crippen MR) is 90.8 cm³/mol. The summed E-state index contributed by atoms with van der Waals surface area (Å²) in [5.41, 5.74) is 3.79. The van der Waals surface area contributed by atoms with E-state index in [2.05, 4.69) is 65.1 Å². The summed E-state index contributed by atoms with van der Waals surface area (Å²) in [4.78, 5) is 0. The zero-order chi connectivity index (χ0) is 15.6. The number of benzene rings is 1. The molecule has 0 fully saturated rings. The van der Waals surface area contributed by atoms with Gasteiger partial charge in [0.25, 0.3) is 0 Å². The van der Waals surface area contributed by atoms with Gasteiger partial charge in [0.1, 0.15) is 11.3 Å². The molecular formula is C19H29NO. The monoisotopic (exact) mass is 287 g/mol. The number of hydrogen-bond acceptors (Lipinski definition) is 2. The van der Waals surface area contributed by atoms with E-state index in [1.807, 2.05) is 0 Å². The van der Waals surface area contributed by atoms with Crippen LogP contribution in [-0.4, -0.2) is 6.04 Å². The van der Waals surface area contributed by atoms with Crippen LogP contribution in [0, 0.1) is 5.92 Å². The van der Waals surface area contributed by atoms with Crippen LogP contribution in [0.2, 0.25) is 0 Å². The van der Waals surface area contributed by atoms with Crippen molar-refractivity contribution >= 4 is 11.0 Å². The molecule has 2 aromatic rings. The highest BCUT2D eigenvalue weighted by Crippen LogP contribution is 2.31. The summed E-state index contributed by atoms with van der Waals surface area (Å²) in [6.07, 6.45) is 1.07. The van der Waals surface area contributed by atoms with Gasteiger partial charge in [-0.1, -0.05) is 47.6 Å². The lowest BCUT2D eigenvalue weighted by molar-refractivity contribution is 0.478. The molecule has 1 N–H and O–H groups in total. The number of hydrogen-bond donors (Lipinski definition) is 1. The van der Waals surface area contributed by atoms with Gasteiger partial charge >= 0.3 is 0 Å². The van der Waals surface area contributed by atoms with Gasteiger partial charge in [-0.05, 0) is 36.0 Å². The van der Waals surface area contributed by atoms with Crippen molar-refractivity contribution in [3.05, 3.63) is 35.1 Å². The topological polar surface area (TPSA) is 25.2 Å². The molecule has 0 saturated heterocycles. The van der Waals surface area contributed by atoms with E-state index in [1.54, 1.807) is 0 Å².